The molecule has 2 saturated heterocycles. The van der Waals surface area contributed by atoms with E-state index < -0.39 is 37.9 Å². The SMILES string of the molecule is O=c1c2nc(Br)n([C@@H]3O[C@@H]4COP(=O)(O)O[C@H]4[C@H]3O)c2[nH]c2ncc(-c3ccccc3)n12. The number of aliphatic hydroxyl groups excluding tert-OH is 1. The van der Waals surface area contributed by atoms with Gasteiger partial charge >= 0.3 is 7.82 Å². The molecule has 1 aromatic carbocycles. The third-order valence-corrected chi connectivity index (χ3v) is 7.10. The zero-order valence-electron chi connectivity index (χ0n) is 16.0. The molecule has 14 heteroatoms. The summed E-state index contributed by atoms with van der Waals surface area (Å²) in [5.41, 5.74) is 1.36. The maximum Gasteiger partial charge on any atom is 0.472 e. The number of hydrogen-bond acceptors (Lipinski definition) is 8. The lowest BCUT2D eigenvalue weighted by Crippen LogP contribution is -2.39. The first-order valence-corrected chi connectivity index (χ1v) is 11.8. The molecule has 0 aliphatic carbocycles. The summed E-state index contributed by atoms with van der Waals surface area (Å²) in [5, 5.41) is 10.8. The molecule has 0 saturated carbocycles. The summed E-state index contributed by atoms with van der Waals surface area (Å²) in [6, 6.07) is 9.34. The monoisotopic (exact) mass is 523 g/mol. The highest BCUT2D eigenvalue weighted by molar-refractivity contribution is 9.10. The fourth-order valence-corrected chi connectivity index (χ4v) is 5.65. The fraction of sp³-hybridized carbons (Fsp3) is 0.278. The number of hydrogen-bond donors (Lipinski definition) is 3. The quantitative estimate of drug-likeness (QED) is 0.262. The highest BCUT2D eigenvalue weighted by Crippen LogP contribution is 2.52. The van der Waals surface area contributed by atoms with Crippen LogP contribution < -0.4 is 5.56 Å². The molecular formula is C18H15BrN5O7P. The lowest BCUT2D eigenvalue weighted by atomic mass is 10.1. The molecule has 32 heavy (non-hydrogen) atoms. The van der Waals surface area contributed by atoms with Crippen LogP contribution in [0.5, 0.6) is 0 Å². The Labute approximate surface area is 187 Å². The Balaban J connectivity index is 1.50. The smallest absolute Gasteiger partial charge is 0.386 e. The summed E-state index contributed by atoms with van der Waals surface area (Å²) in [6.45, 7) is -0.224. The van der Waals surface area contributed by atoms with Gasteiger partial charge < -0.3 is 19.7 Å². The average molecular weight is 524 g/mol. The summed E-state index contributed by atoms with van der Waals surface area (Å²) < 4.78 is 30.5. The molecule has 5 atom stereocenters. The molecule has 0 radical (unpaired) electrons. The van der Waals surface area contributed by atoms with Gasteiger partial charge in [0.15, 0.2) is 16.5 Å². The largest absolute Gasteiger partial charge is 0.472 e. The van der Waals surface area contributed by atoms with Crippen molar-refractivity contribution in [3.63, 3.8) is 0 Å². The Hall–Kier alpha value is -2.38. The number of aromatic amines is 1. The number of rotatable bonds is 2. The van der Waals surface area contributed by atoms with Crippen LogP contribution in [0.2, 0.25) is 0 Å². The minimum absolute atomic E-state index is 0.0928. The Morgan fingerprint density at radius 2 is 2.06 bits per heavy atom. The number of H-pyrrole nitrogens is 1. The van der Waals surface area contributed by atoms with Gasteiger partial charge in [0.1, 0.15) is 24.0 Å². The fourth-order valence-electron chi connectivity index (χ4n) is 4.13. The van der Waals surface area contributed by atoms with E-state index in [1.165, 1.54) is 8.97 Å². The van der Waals surface area contributed by atoms with Crippen LogP contribution in [0.15, 0.2) is 46.1 Å². The van der Waals surface area contributed by atoms with Gasteiger partial charge in [-0.05, 0) is 15.9 Å². The van der Waals surface area contributed by atoms with Gasteiger partial charge in [-0.2, -0.15) is 0 Å². The van der Waals surface area contributed by atoms with E-state index in [1.807, 2.05) is 30.3 Å². The number of aromatic nitrogens is 5. The van der Waals surface area contributed by atoms with Crippen LogP contribution in [0.4, 0.5) is 0 Å². The number of phosphoric ester groups is 1. The second-order valence-electron chi connectivity index (χ2n) is 7.44. The first-order valence-electron chi connectivity index (χ1n) is 9.56. The molecule has 0 bridgehead atoms. The second kappa shape index (κ2) is 7.06. The molecule has 4 aromatic rings. The highest BCUT2D eigenvalue weighted by Gasteiger charge is 2.53. The molecular weight excluding hydrogens is 509 g/mol. The molecule has 3 N–H and O–H groups in total. The van der Waals surface area contributed by atoms with Crippen LogP contribution in [0.25, 0.3) is 28.2 Å². The van der Waals surface area contributed by atoms with Crippen molar-refractivity contribution in [2.75, 3.05) is 6.61 Å². The second-order valence-corrected chi connectivity index (χ2v) is 9.55. The minimum Gasteiger partial charge on any atom is -0.386 e. The van der Waals surface area contributed by atoms with Gasteiger partial charge in [0.2, 0.25) is 5.78 Å². The van der Waals surface area contributed by atoms with Crippen LogP contribution >= 0.6 is 23.8 Å². The number of ether oxygens (including phenoxy) is 1. The topological polar surface area (TPSA) is 153 Å². The lowest BCUT2D eigenvalue weighted by molar-refractivity contribution is -0.0669. The van der Waals surface area contributed by atoms with Crippen LogP contribution in [0.3, 0.4) is 0 Å². The number of phosphoric acid groups is 1. The molecule has 166 valence electrons. The summed E-state index contributed by atoms with van der Waals surface area (Å²) in [6.07, 6.45) is -2.66. The Bertz CT molecular complexity index is 1470. The molecule has 6 rings (SSSR count). The lowest BCUT2D eigenvalue weighted by Gasteiger charge is -2.27. The van der Waals surface area contributed by atoms with Crippen molar-refractivity contribution in [1.82, 2.24) is 23.9 Å². The van der Waals surface area contributed by atoms with Crippen LogP contribution in [-0.2, 0) is 18.3 Å². The van der Waals surface area contributed by atoms with Crippen LogP contribution in [0.1, 0.15) is 6.23 Å². The van der Waals surface area contributed by atoms with E-state index in [2.05, 4.69) is 30.9 Å². The molecule has 12 nitrogen and oxygen atoms in total. The zero-order valence-corrected chi connectivity index (χ0v) is 18.5. The Kier molecular flexibility index (Phi) is 4.46. The number of fused-ring (bicyclic) bond motifs is 3. The van der Waals surface area contributed by atoms with Crippen molar-refractivity contribution in [3.05, 3.63) is 51.6 Å². The Morgan fingerprint density at radius 1 is 1.28 bits per heavy atom. The molecule has 1 unspecified atom stereocenters. The predicted octanol–water partition coefficient (Wildman–Crippen LogP) is 1.58. The molecule has 2 aliphatic rings. The van der Waals surface area contributed by atoms with Gasteiger partial charge in [-0.1, -0.05) is 30.3 Å². The van der Waals surface area contributed by atoms with Crippen molar-refractivity contribution in [2.24, 2.45) is 0 Å². The number of benzene rings is 1. The third-order valence-electron chi connectivity index (χ3n) is 5.56. The van der Waals surface area contributed by atoms with Gasteiger partial charge in [0, 0.05) is 5.56 Å². The van der Waals surface area contributed by atoms with Gasteiger partial charge in [0.05, 0.1) is 18.5 Å². The van der Waals surface area contributed by atoms with Crippen molar-refractivity contribution in [1.29, 1.82) is 0 Å². The van der Waals surface area contributed by atoms with Gasteiger partial charge in [0.25, 0.3) is 5.56 Å². The van der Waals surface area contributed by atoms with E-state index in [0.29, 0.717) is 5.69 Å². The average Bonchev–Trinajstić information content (AvgIpc) is 3.43. The molecule has 5 heterocycles. The zero-order chi connectivity index (χ0) is 22.2. The van der Waals surface area contributed by atoms with Gasteiger partial charge in [-0.25, -0.2) is 18.9 Å². The third kappa shape index (κ3) is 2.94. The standard InChI is InChI=1S/C18H15BrN5O7P/c19-17-21-11-14(24(17)16-12(25)13-10(30-16)7-29-32(27,28)31-13)22-18-20-6-9(23(18)15(11)26)8-4-2-1-3-5-8/h1-6,10,12-13,16,25H,7H2,(H,20,22)(H,27,28)/t10-,12-,13-,16-/m1/s1. The highest BCUT2D eigenvalue weighted by atomic mass is 79.9. The summed E-state index contributed by atoms with van der Waals surface area (Å²) in [7, 11) is -4.27. The summed E-state index contributed by atoms with van der Waals surface area (Å²) >= 11 is 3.32. The first kappa shape index (κ1) is 20.2. The van der Waals surface area contributed by atoms with E-state index in [9.17, 15) is 19.4 Å². The minimum atomic E-state index is -4.27. The normalized spacial score (nSPS) is 30.2. The molecule has 0 spiro atoms. The summed E-state index contributed by atoms with van der Waals surface area (Å²) in [5.74, 6) is 0.277. The number of nitrogens with one attached hydrogen (secondary N) is 1. The van der Waals surface area contributed by atoms with Crippen LogP contribution in [0, 0.1) is 0 Å². The maximum atomic E-state index is 13.3. The van der Waals surface area contributed by atoms with E-state index in [0.717, 1.165) is 5.56 Å². The number of halogens is 1. The summed E-state index contributed by atoms with van der Waals surface area (Å²) in [4.78, 5) is 34.6. The van der Waals surface area contributed by atoms with Gasteiger partial charge in [-0.3, -0.25) is 18.4 Å². The molecule has 2 aliphatic heterocycles. The van der Waals surface area contributed by atoms with E-state index in [4.69, 9.17) is 13.8 Å². The molecule has 2 fully saturated rings. The molecule has 3 aromatic heterocycles. The van der Waals surface area contributed by atoms with E-state index in [1.54, 1.807) is 6.20 Å². The van der Waals surface area contributed by atoms with Gasteiger partial charge in [-0.15, -0.1) is 0 Å². The Morgan fingerprint density at radius 3 is 2.84 bits per heavy atom. The van der Waals surface area contributed by atoms with Crippen molar-refractivity contribution >= 4 is 40.7 Å². The predicted molar refractivity (Wildman–Crippen MR) is 113 cm³/mol. The first-order chi connectivity index (χ1) is 15.3. The number of aliphatic hydroxyl groups is 1. The van der Waals surface area contributed by atoms with Crippen molar-refractivity contribution < 1.29 is 28.3 Å². The van der Waals surface area contributed by atoms with Crippen molar-refractivity contribution in [2.45, 2.75) is 24.5 Å². The number of nitrogens with zero attached hydrogens (tertiary/aromatic N) is 4. The van der Waals surface area contributed by atoms with E-state index >= 15 is 0 Å². The van der Waals surface area contributed by atoms with Crippen molar-refractivity contribution in [3.8, 4) is 11.3 Å². The number of imidazole rings is 2. The molecule has 0 amide bonds. The maximum absolute atomic E-state index is 13.3. The van der Waals surface area contributed by atoms with E-state index in [-0.39, 0.29) is 28.3 Å². The van der Waals surface area contributed by atoms with Crippen LogP contribution in [-0.4, -0.2) is 58.8 Å².